The van der Waals surface area contributed by atoms with E-state index >= 15 is 0 Å². The molecular formula is C26H32N2O5. The van der Waals surface area contributed by atoms with Crippen LogP contribution in [0, 0.1) is 11.8 Å². The maximum atomic E-state index is 12.2. The van der Waals surface area contributed by atoms with E-state index in [-0.39, 0.29) is 36.7 Å². The SMILES string of the molecule is CC(CCNC(=O)OCC1c2ccccc2-c2ccccc21)CC(=O)NC(C(=O)O)C(C)C. The zero-order valence-electron chi connectivity index (χ0n) is 19.3. The van der Waals surface area contributed by atoms with Crippen LogP contribution in [0.4, 0.5) is 4.79 Å². The van der Waals surface area contributed by atoms with Crippen molar-refractivity contribution < 1.29 is 24.2 Å². The summed E-state index contributed by atoms with van der Waals surface area (Å²) in [7, 11) is 0. The van der Waals surface area contributed by atoms with Gasteiger partial charge in [0.05, 0.1) is 0 Å². The molecule has 0 saturated heterocycles. The van der Waals surface area contributed by atoms with Crippen LogP contribution in [0.1, 0.15) is 50.7 Å². The van der Waals surface area contributed by atoms with Gasteiger partial charge in [0, 0.05) is 18.9 Å². The first-order valence-corrected chi connectivity index (χ1v) is 11.4. The highest BCUT2D eigenvalue weighted by atomic mass is 16.5. The number of carboxylic acids is 1. The van der Waals surface area contributed by atoms with Gasteiger partial charge in [-0.3, -0.25) is 4.79 Å². The van der Waals surface area contributed by atoms with E-state index in [4.69, 9.17) is 4.74 Å². The Hall–Kier alpha value is -3.35. The molecule has 0 aliphatic heterocycles. The summed E-state index contributed by atoms with van der Waals surface area (Å²) in [5.41, 5.74) is 4.67. The van der Waals surface area contributed by atoms with Crippen molar-refractivity contribution >= 4 is 18.0 Å². The number of carbonyl (C=O) groups is 3. The molecule has 1 aliphatic carbocycles. The number of ether oxygens (including phenoxy) is 1. The van der Waals surface area contributed by atoms with Crippen molar-refractivity contribution in [1.29, 1.82) is 0 Å². The van der Waals surface area contributed by atoms with Gasteiger partial charge in [0.2, 0.25) is 5.91 Å². The smallest absolute Gasteiger partial charge is 0.407 e. The summed E-state index contributed by atoms with van der Waals surface area (Å²) in [6.45, 7) is 6.02. The number of fused-ring (bicyclic) bond motifs is 3. The zero-order chi connectivity index (χ0) is 24.0. The molecule has 33 heavy (non-hydrogen) atoms. The van der Waals surface area contributed by atoms with Crippen LogP contribution in [0.15, 0.2) is 48.5 Å². The molecule has 3 rings (SSSR count). The van der Waals surface area contributed by atoms with Gasteiger partial charge in [0.25, 0.3) is 0 Å². The second kappa shape index (κ2) is 11.0. The predicted octanol–water partition coefficient (Wildman–Crippen LogP) is 4.17. The molecule has 0 saturated carbocycles. The molecule has 2 amide bonds. The summed E-state index contributed by atoms with van der Waals surface area (Å²) in [6, 6.07) is 15.4. The molecule has 0 heterocycles. The zero-order valence-corrected chi connectivity index (χ0v) is 19.3. The third-order valence-corrected chi connectivity index (χ3v) is 6.03. The highest BCUT2D eigenvalue weighted by Crippen LogP contribution is 2.44. The molecule has 176 valence electrons. The molecule has 7 nitrogen and oxygen atoms in total. The monoisotopic (exact) mass is 452 g/mol. The van der Waals surface area contributed by atoms with Gasteiger partial charge in [-0.15, -0.1) is 0 Å². The van der Waals surface area contributed by atoms with Crippen LogP contribution in [0.25, 0.3) is 11.1 Å². The van der Waals surface area contributed by atoms with E-state index in [0.29, 0.717) is 13.0 Å². The van der Waals surface area contributed by atoms with Gasteiger partial charge in [-0.05, 0) is 40.5 Å². The minimum atomic E-state index is -1.04. The topological polar surface area (TPSA) is 105 Å². The van der Waals surface area contributed by atoms with Crippen LogP contribution in [0.3, 0.4) is 0 Å². The van der Waals surface area contributed by atoms with Crippen molar-refractivity contribution in [2.45, 2.75) is 45.6 Å². The van der Waals surface area contributed by atoms with Crippen molar-refractivity contribution in [2.75, 3.05) is 13.2 Å². The van der Waals surface area contributed by atoms with E-state index in [9.17, 15) is 19.5 Å². The quantitative estimate of drug-likeness (QED) is 0.502. The molecule has 0 bridgehead atoms. The van der Waals surface area contributed by atoms with E-state index in [0.717, 1.165) is 11.1 Å². The molecule has 1 aliphatic rings. The molecule has 7 heteroatoms. The first-order valence-electron chi connectivity index (χ1n) is 11.4. The number of benzene rings is 2. The number of amides is 2. The van der Waals surface area contributed by atoms with Crippen LogP contribution < -0.4 is 10.6 Å². The normalized spacial score (nSPS) is 14.2. The number of alkyl carbamates (subject to hydrolysis) is 1. The number of aliphatic carboxylic acids is 1. The van der Waals surface area contributed by atoms with E-state index in [1.165, 1.54) is 11.1 Å². The fourth-order valence-electron chi connectivity index (χ4n) is 4.23. The summed E-state index contributed by atoms with van der Waals surface area (Å²) in [5, 5.41) is 14.5. The van der Waals surface area contributed by atoms with E-state index in [1.807, 2.05) is 31.2 Å². The average Bonchev–Trinajstić information content (AvgIpc) is 3.09. The Kier molecular flexibility index (Phi) is 8.09. The lowest BCUT2D eigenvalue weighted by atomic mass is 9.98. The fraction of sp³-hybridized carbons (Fsp3) is 0.423. The van der Waals surface area contributed by atoms with E-state index in [1.54, 1.807) is 13.8 Å². The van der Waals surface area contributed by atoms with Gasteiger partial charge in [-0.2, -0.15) is 0 Å². The molecule has 2 atom stereocenters. The summed E-state index contributed by atoms with van der Waals surface area (Å²) in [6.07, 6.45) is 0.291. The van der Waals surface area contributed by atoms with Crippen LogP contribution in [0.2, 0.25) is 0 Å². The minimum Gasteiger partial charge on any atom is -0.480 e. The number of hydrogen-bond donors (Lipinski definition) is 3. The minimum absolute atomic E-state index is 0.00825. The fourth-order valence-corrected chi connectivity index (χ4v) is 4.23. The number of carbonyl (C=O) groups excluding carboxylic acids is 2. The van der Waals surface area contributed by atoms with E-state index < -0.39 is 18.1 Å². The molecule has 0 radical (unpaired) electrons. The lowest BCUT2D eigenvalue weighted by molar-refractivity contribution is -0.143. The Morgan fingerprint density at radius 2 is 1.55 bits per heavy atom. The number of rotatable bonds is 10. The molecule has 0 spiro atoms. The first-order chi connectivity index (χ1) is 15.8. The second-order valence-electron chi connectivity index (χ2n) is 8.98. The van der Waals surface area contributed by atoms with Crippen LogP contribution in [0.5, 0.6) is 0 Å². The maximum Gasteiger partial charge on any atom is 0.407 e. The van der Waals surface area contributed by atoms with Gasteiger partial charge < -0.3 is 20.5 Å². The summed E-state index contributed by atoms with van der Waals surface area (Å²) in [4.78, 5) is 35.6. The maximum absolute atomic E-state index is 12.2. The summed E-state index contributed by atoms with van der Waals surface area (Å²) >= 11 is 0. The number of hydrogen-bond acceptors (Lipinski definition) is 4. The predicted molar refractivity (Wildman–Crippen MR) is 126 cm³/mol. The first kappa shape index (κ1) is 24.3. The van der Waals surface area contributed by atoms with Gasteiger partial charge >= 0.3 is 12.1 Å². The largest absolute Gasteiger partial charge is 0.480 e. The number of nitrogens with one attached hydrogen (secondary N) is 2. The molecular weight excluding hydrogens is 420 g/mol. The Bertz CT molecular complexity index is 958. The van der Waals surface area contributed by atoms with Crippen molar-refractivity contribution in [3.05, 3.63) is 59.7 Å². The molecule has 0 fully saturated rings. The van der Waals surface area contributed by atoms with Crippen molar-refractivity contribution in [1.82, 2.24) is 10.6 Å². The van der Waals surface area contributed by atoms with Crippen LogP contribution in [-0.4, -0.2) is 42.3 Å². The molecule has 2 aromatic rings. The number of carboxylic acid groups (broad SMARTS) is 1. The van der Waals surface area contributed by atoms with Gasteiger partial charge in [-0.1, -0.05) is 69.3 Å². The Morgan fingerprint density at radius 3 is 2.09 bits per heavy atom. The van der Waals surface area contributed by atoms with Crippen LogP contribution in [-0.2, 0) is 14.3 Å². The molecule has 0 aromatic heterocycles. The summed E-state index contributed by atoms with van der Waals surface area (Å²) in [5.74, 6) is -1.54. The van der Waals surface area contributed by atoms with Gasteiger partial charge in [-0.25, -0.2) is 9.59 Å². The molecule has 3 N–H and O–H groups in total. The lowest BCUT2D eigenvalue weighted by Crippen LogP contribution is -2.44. The highest BCUT2D eigenvalue weighted by Gasteiger charge is 2.29. The molecule has 2 unspecified atom stereocenters. The lowest BCUT2D eigenvalue weighted by Gasteiger charge is -2.19. The standard InChI is InChI=1S/C26H32N2O5/c1-16(2)24(25(30)31)28-23(29)14-17(3)12-13-27-26(32)33-15-22-20-10-6-4-8-18(20)19-9-5-7-11-21(19)22/h4-11,16-17,22,24H,12-15H2,1-3H3,(H,27,32)(H,28,29)(H,30,31). The van der Waals surface area contributed by atoms with Crippen molar-refractivity contribution in [2.24, 2.45) is 11.8 Å². The third kappa shape index (κ3) is 6.12. The van der Waals surface area contributed by atoms with Crippen molar-refractivity contribution in [3.8, 4) is 11.1 Å². The molecule has 2 aromatic carbocycles. The highest BCUT2D eigenvalue weighted by molar-refractivity contribution is 5.83. The Labute approximate surface area is 194 Å². The second-order valence-corrected chi connectivity index (χ2v) is 8.98. The van der Waals surface area contributed by atoms with E-state index in [2.05, 4.69) is 34.9 Å². The van der Waals surface area contributed by atoms with Gasteiger partial charge in [0.15, 0.2) is 0 Å². The van der Waals surface area contributed by atoms with Crippen LogP contribution >= 0.6 is 0 Å². The average molecular weight is 453 g/mol. The van der Waals surface area contributed by atoms with Crippen molar-refractivity contribution in [3.63, 3.8) is 0 Å². The Balaban J connectivity index is 1.42. The third-order valence-electron chi connectivity index (χ3n) is 6.03. The Morgan fingerprint density at radius 1 is 0.970 bits per heavy atom. The summed E-state index contributed by atoms with van der Waals surface area (Å²) < 4.78 is 5.51. The van der Waals surface area contributed by atoms with Gasteiger partial charge in [0.1, 0.15) is 12.6 Å².